The zero-order valence-corrected chi connectivity index (χ0v) is 12.7. The van der Waals surface area contributed by atoms with Crippen LogP contribution in [0.2, 0.25) is 0 Å². The van der Waals surface area contributed by atoms with Gasteiger partial charge in [0.15, 0.2) is 0 Å². The van der Waals surface area contributed by atoms with E-state index in [1.165, 1.54) is 5.56 Å². The van der Waals surface area contributed by atoms with E-state index in [0.717, 1.165) is 22.7 Å². The smallest absolute Gasteiger partial charge is 0.119 e. The standard InChI is InChI=1S/C19H18N2O/c1-15-5-3-4-6-19(15)20-13-16-11-12-21(14-16)17-7-9-18(22-2)10-8-17/h3-14H,1-2H3. The van der Waals surface area contributed by atoms with Crippen molar-refractivity contribution in [1.82, 2.24) is 4.57 Å². The third-order valence-electron chi connectivity index (χ3n) is 3.55. The minimum atomic E-state index is 0.859. The minimum absolute atomic E-state index is 0.859. The molecule has 0 unspecified atom stereocenters. The number of aryl methyl sites for hydroxylation is 1. The SMILES string of the molecule is COc1ccc(-n2ccc(C=Nc3ccccc3C)c2)cc1. The van der Waals surface area contributed by atoms with Crippen molar-refractivity contribution in [3.63, 3.8) is 0 Å². The lowest BCUT2D eigenvalue weighted by molar-refractivity contribution is 0.415. The van der Waals surface area contributed by atoms with Gasteiger partial charge < -0.3 is 9.30 Å². The summed E-state index contributed by atoms with van der Waals surface area (Å²) in [6.07, 6.45) is 5.98. The molecular formula is C19H18N2O. The van der Waals surface area contributed by atoms with Crippen LogP contribution in [0, 0.1) is 6.92 Å². The summed E-state index contributed by atoms with van der Waals surface area (Å²) < 4.78 is 7.25. The van der Waals surface area contributed by atoms with E-state index in [4.69, 9.17) is 4.74 Å². The molecule has 3 nitrogen and oxygen atoms in total. The van der Waals surface area contributed by atoms with E-state index in [1.54, 1.807) is 7.11 Å². The number of aliphatic imine (C=N–C) groups is 1. The van der Waals surface area contributed by atoms with Gasteiger partial charge in [0, 0.05) is 29.9 Å². The van der Waals surface area contributed by atoms with Crippen molar-refractivity contribution in [2.24, 2.45) is 4.99 Å². The maximum absolute atomic E-state index is 5.18. The van der Waals surface area contributed by atoms with Gasteiger partial charge in [-0.3, -0.25) is 4.99 Å². The molecule has 0 bridgehead atoms. The number of para-hydroxylation sites is 1. The molecule has 0 spiro atoms. The highest BCUT2D eigenvalue weighted by molar-refractivity contribution is 5.82. The molecule has 3 heteroatoms. The average molecular weight is 290 g/mol. The van der Waals surface area contributed by atoms with E-state index in [-0.39, 0.29) is 0 Å². The van der Waals surface area contributed by atoms with Gasteiger partial charge in [0.2, 0.25) is 0 Å². The first kappa shape index (κ1) is 14.1. The van der Waals surface area contributed by atoms with E-state index in [1.807, 2.05) is 60.9 Å². The van der Waals surface area contributed by atoms with Crippen LogP contribution in [0.25, 0.3) is 5.69 Å². The van der Waals surface area contributed by atoms with Gasteiger partial charge in [-0.05, 0) is 48.9 Å². The normalized spacial score (nSPS) is 11.0. The Bertz CT molecular complexity index is 785. The summed E-state index contributed by atoms with van der Waals surface area (Å²) in [6, 6.07) is 18.1. The van der Waals surface area contributed by atoms with Gasteiger partial charge in [-0.25, -0.2) is 0 Å². The van der Waals surface area contributed by atoms with Crippen LogP contribution in [-0.2, 0) is 0 Å². The van der Waals surface area contributed by atoms with Gasteiger partial charge in [-0.1, -0.05) is 18.2 Å². The third kappa shape index (κ3) is 3.09. The summed E-state index contributed by atoms with van der Waals surface area (Å²) in [5.41, 5.74) is 4.34. The molecule has 0 atom stereocenters. The predicted octanol–water partition coefficient (Wildman–Crippen LogP) is 4.54. The van der Waals surface area contributed by atoms with Gasteiger partial charge >= 0.3 is 0 Å². The van der Waals surface area contributed by atoms with Gasteiger partial charge in [-0.2, -0.15) is 0 Å². The molecule has 2 aromatic carbocycles. The molecule has 0 N–H and O–H groups in total. The Kier molecular flexibility index (Phi) is 4.05. The molecule has 1 heterocycles. The number of hydrogen-bond donors (Lipinski definition) is 0. The first-order valence-corrected chi connectivity index (χ1v) is 7.18. The molecule has 110 valence electrons. The van der Waals surface area contributed by atoms with Crippen LogP contribution in [0.4, 0.5) is 5.69 Å². The first-order chi connectivity index (χ1) is 10.8. The summed E-state index contributed by atoms with van der Waals surface area (Å²) in [7, 11) is 1.67. The minimum Gasteiger partial charge on any atom is -0.497 e. The number of methoxy groups -OCH3 is 1. The molecule has 0 aliphatic carbocycles. The molecule has 3 aromatic rings. The molecule has 1 aromatic heterocycles. The number of nitrogens with zero attached hydrogens (tertiary/aromatic N) is 2. The van der Waals surface area contributed by atoms with Crippen LogP contribution in [0.1, 0.15) is 11.1 Å². The highest BCUT2D eigenvalue weighted by Crippen LogP contribution is 2.18. The maximum Gasteiger partial charge on any atom is 0.119 e. The molecule has 3 rings (SSSR count). The van der Waals surface area contributed by atoms with Crippen LogP contribution >= 0.6 is 0 Å². The van der Waals surface area contributed by atoms with Crippen molar-refractivity contribution >= 4 is 11.9 Å². The summed E-state index contributed by atoms with van der Waals surface area (Å²) in [5, 5.41) is 0. The average Bonchev–Trinajstić information content (AvgIpc) is 3.03. The van der Waals surface area contributed by atoms with Gasteiger partial charge in [0.05, 0.1) is 12.8 Å². The van der Waals surface area contributed by atoms with Crippen molar-refractivity contribution in [3.05, 3.63) is 78.1 Å². The number of aromatic nitrogens is 1. The Hall–Kier alpha value is -2.81. The highest BCUT2D eigenvalue weighted by atomic mass is 16.5. The molecule has 0 radical (unpaired) electrons. The Morgan fingerprint density at radius 1 is 1.00 bits per heavy atom. The lowest BCUT2D eigenvalue weighted by Gasteiger charge is -2.04. The van der Waals surface area contributed by atoms with E-state index in [0.29, 0.717) is 0 Å². The van der Waals surface area contributed by atoms with Crippen molar-refractivity contribution in [2.45, 2.75) is 6.92 Å². The van der Waals surface area contributed by atoms with Crippen molar-refractivity contribution in [3.8, 4) is 11.4 Å². The van der Waals surface area contributed by atoms with E-state index in [9.17, 15) is 0 Å². The van der Waals surface area contributed by atoms with Crippen molar-refractivity contribution < 1.29 is 4.74 Å². The molecule has 0 saturated carbocycles. The number of hydrogen-bond acceptors (Lipinski definition) is 2. The zero-order chi connectivity index (χ0) is 15.4. The van der Waals surface area contributed by atoms with E-state index < -0.39 is 0 Å². The van der Waals surface area contributed by atoms with Crippen LogP contribution < -0.4 is 4.74 Å². The van der Waals surface area contributed by atoms with Crippen LogP contribution in [-0.4, -0.2) is 17.9 Å². The number of rotatable bonds is 4. The first-order valence-electron chi connectivity index (χ1n) is 7.18. The van der Waals surface area contributed by atoms with Crippen LogP contribution in [0.3, 0.4) is 0 Å². The molecule has 0 aliphatic rings. The fourth-order valence-electron chi connectivity index (χ4n) is 2.26. The van der Waals surface area contributed by atoms with Crippen LogP contribution in [0.15, 0.2) is 72.0 Å². The maximum atomic E-state index is 5.18. The monoisotopic (exact) mass is 290 g/mol. The Morgan fingerprint density at radius 3 is 2.50 bits per heavy atom. The van der Waals surface area contributed by atoms with Crippen molar-refractivity contribution in [2.75, 3.05) is 7.11 Å². The van der Waals surface area contributed by atoms with Crippen LogP contribution in [0.5, 0.6) is 5.75 Å². The second-order valence-corrected chi connectivity index (χ2v) is 5.09. The Morgan fingerprint density at radius 2 is 1.77 bits per heavy atom. The van der Waals surface area contributed by atoms with Gasteiger partial charge in [0.25, 0.3) is 0 Å². The van der Waals surface area contributed by atoms with Gasteiger partial charge in [0.1, 0.15) is 5.75 Å². The van der Waals surface area contributed by atoms with E-state index in [2.05, 4.69) is 28.7 Å². The Labute approximate surface area is 130 Å². The van der Waals surface area contributed by atoms with Crippen molar-refractivity contribution in [1.29, 1.82) is 0 Å². The second-order valence-electron chi connectivity index (χ2n) is 5.09. The summed E-state index contributed by atoms with van der Waals surface area (Å²) in [5.74, 6) is 0.859. The second kappa shape index (κ2) is 6.31. The third-order valence-corrected chi connectivity index (χ3v) is 3.55. The summed E-state index contributed by atoms with van der Waals surface area (Å²) in [6.45, 7) is 2.06. The molecular weight excluding hydrogens is 272 g/mol. The number of benzene rings is 2. The molecule has 0 fully saturated rings. The Balaban J connectivity index is 1.80. The predicted molar refractivity (Wildman–Crippen MR) is 90.8 cm³/mol. The molecule has 0 saturated heterocycles. The zero-order valence-electron chi connectivity index (χ0n) is 12.7. The number of ether oxygens (including phenoxy) is 1. The quantitative estimate of drug-likeness (QED) is 0.648. The summed E-state index contributed by atoms with van der Waals surface area (Å²) in [4.78, 5) is 4.55. The summed E-state index contributed by atoms with van der Waals surface area (Å²) >= 11 is 0. The fourth-order valence-corrected chi connectivity index (χ4v) is 2.26. The highest BCUT2D eigenvalue weighted by Gasteiger charge is 1.99. The lowest BCUT2D eigenvalue weighted by atomic mass is 10.2. The van der Waals surface area contributed by atoms with E-state index >= 15 is 0 Å². The molecule has 22 heavy (non-hydrogen) atoms. The molecule has 0 aliphatic heterocycles. The topological polar surface area (TPSA) is 26.5 Å². The van der Waals surface area contributed by atoms with Gasteiger partial charge in [-0.15, -0.1) is 0 Å². The fraction of sp³-hybridized carbons (Fsp3) is 0.105. The largest absolute Gasteiger partial charge is 0.497 e. The molecule has 0 amide bonds. The lowest BCUT2D eigenvalue weighted by Crippen LogP contribution is -1.90.